The maximum Gasteiger partial charge on any atom is 0.363 e. The summed E-state index contributed by atoms with van der Waals surface area (Å²) in [5, 5.41) is 0. The minimum Gasteiger partial charge on any atom is -0.496 e. The maximum atomic E-state index is 11.9. The van der Waals surface area contributed by atoms with Crippen molar-refractivity contribution in [3.63, 3.8) is 0 Å². The molecule has 1 heterocycles. The standard InChI is InChI=1S/C16H17NO3/c1-10-6-7-14(19-2)12(8-10)9-13-16(18)20-15(17-13)11-4-3-5-11/h6-9,11H,3-5H2,1-2H3/b13-9+. The van der Waals surface area contributed by atoms with Gasteiger partial charge in [-0.25, -0.2) is 9.79 Å². The van der Waals surface area contributed by atoms with Crippen LogP contribution in [0.1, 0.15) is 30.4 Å². The number of hydrogen-bond donors (Lipinski definition) is 0. The predicted molar refractivity (Wildman–Crippen MR) is 76.6 cm³/mol. The molecular weight excluding hydrogens is 254 g/mol. The van der Waals surface area contributed by atoms with Crippen LogP contribution in [0.15, 0.2) is 28.9 Å². The van der Waals surface area contributed by atoms with Gasteiger partial charge in [-0.05, 0) is 38.0 Å². The van der Waals surface area contributed by atoms with Crippen LogP contribution in [0.4, 0.5) is 0 Å². The third-order valence-electron chi connectivity index (χ3n) is 3.77. The summed E-state index contributed by atoms with van der Waals surface area (Å²) in [6, 6.07) is 5.82. The van der Waals surface area contributed by atoms with Crippen LogP contribution in [-0.2, 0) is 9.53 Å². The van der Waals surface area contributed by atoms with Crippen molar-refractivity contribution in [1.29, 1.82) is 0 Å². The largest absolute Gasteiger partial charge is 0.496 e. The van der Waals surface area contributed by atoms with Gasteiger partial charge in [-0.3, -0.25) is 0 Å². The summed E-state index contributed by atoms with van der Waals surface area (Å²) in [4.78, 5) is 16.2. The second-order valence-corrected chi connectivity index (χ2v) is 5.24. The molecule has 1 aliphatic carbocycles. The van der Waals surface area contributed by atoms with Crippen molar-refractivity contribution in [2.24, 2.45) is 10.9 Å². The number of benzene rings is 1. The van der Waals surface area contributed by atoms with Crippen LogP contribution in [-0.4, -0.2) is 19.0 Å². The number of carbonyl (C=O) groups excluding carboxylic acids is 1. The highest BCUT2D eigenvalue weighted by molar-refractivity contribution is 6.08. The van der Waals surface area contributed by atoms with Gasteiger partial charge in [-0.1, -0.05) is 18.1 Å². The van der Waals surface area contributed by atoms with Crippen molar-refractivity contribution in [2.75, 3.05) is 7.11 Å². The van der Waals surface area contributed by atoms with Crippen LogP contribution < -0.4 is 4.74 Å². The van der Waals surface area contributed by atoms with Gasteiger partial charge in [0.15, 0.2) is 5.70 Å². The van der Waals surface area contributed by atoms with E-state index >= 15 is 0 Å². The van der Waals surface area contributed by atoms with Crippen LogP contribution in [0.3, 0.4) is 0 Å². The minimum absolute atomic E-state index is 0.323. The van der Waals surface area contributed by atoms with Gasteiger partial charge in [-0.15, -0.1) is 0 Å². The second kappa shape index (κ2) is 5.12. The molecule has 104 valence electrons. The quantitative estimate of drug-likeness (QED) is 0.627. The number of ether oxygens (including phenoxy) is 2. The Labute approximate surface area is 118 Å². The molecule has 1 saturated carbocycles. The number of carbonyl (C=O) groups is 1. The van der Waals surface area contributed by atoms with Gasteiger partial charge in [0.25, 0.3) is 0 Å². The van der Waals surface area contributed by atoms with Gasteiger partial charge < -0.3 is 9.47 Å². The fourth-order valence-corrected chi connectivity index (χ4v) is 2.37. The number of cyclic esters (lactones) is 1. The zero-order chi connectivity index (χ0) is 14.1. The topological polar surface area (TPSA) is 47.9 Å². The molecule has 2 aliphatic rings. The van der Waals surface area contributed by atoms with Gasteiger partial charge in [0, 0.05) is 11.5 Å². The van der Waals surface area contributed by atoms with Crippen LogP contribution in [0.5, 0.6) is 5.75 Å². The van der Waals surface area contributed by atoms with Gasteiger partial charge in [-0.2, -0.15) is 0 Å². The number of methoxy groups -OCH3 is 1. The fraction of sp³-hybridized carbons (Fsp3) is 0.375. The smallest absolute Gasteiger partial charge is 0.363 e. The van der Waals surface area contributed by atoms with E-state index in [4.69, 9.17) is 9.47 Å². The van der Waals surface area contributed by atoms with Gasteiger partial charge in [0.05, 0.1) is 7.11 Å². The monoisotopic (exact) mass is 271 g/mol. The van der Waals surface area contributed by atoms with E-state index in [9.17, 15) is 4.79 Å². The van der Waals surface area contributed by atoms with Gasteiger partial charge >= 0.3 is 5.97 Å². The number of aryl methyl sites for hydroxylation is 1. The van der Waals surface area contributed by atoms with E-state index < -0.39 is 0 Å². The molecule has 0 atom stereocenters. The third-order valence-corrected chi connectivity index (χ3v) is 3.77. The molecule has 4 nitrogen and oxygen atoms in total. The summed E-state index contributed by atoms with van der Waals surface area (Å²) < 4.78 is 10.6. The average molecular weight is 271 g/mol. The van der Waals surface area contributed by atoms with E-state index in [1.165, 1.54) is 6.42 Å². The Bertz CT molecular complexity index is 612. The molecule has 1 fully saturated rings. The molecule has 0 N–H and O–H groups in total. The summed E-state index contributed by atoms with van der Waals surface area (Å²) in [5.74, 6) is 1.27. The first-order valence-corrected chi connectivity index (χ1v) is 6.84. The normalized spacial score (nSPS) is 20.6. The summed E-state index contributed by atoms with van der Waals surface area (Å²) in [6.07, 6.45) is 5.05. The molecule has 4 heteroatoms. The predicted octanol–water partition coefficient (Wildman–Crippen LogP) is 3.10. The van der Waals surface area contributed by atoms with Crippen LogP contribution in [0.25, 0.3) is 6.08 Å². The van der Waals surface area contributed by atoms with Crippen molar-refractivity contribution in [3.8, 4) is 5.75 Å². The zero-order valence-electron chi connectivity index (χ0n) is 11.7. The van der Waals surface area contributed by atoms with E-state index in [0.29, 0.717) is 17.5 Å². The highest BCUT2D eigenvalue weighted by Gasteiger charge is 2.32. The van der Waals surface area contributed by atoms with Crippen molar-refractivity contribution >= 4 is 17.9 Å². The van der Waals surface area contributed by atoms with Crippen molar-refractivity contribution in [2.45, 2.75) is 26.2 Å². The molecule has 1 aromatic rings. The molecule has 0 saturated heterocycles. The van der Waals surface area contributed by atoms with Gasteiger partial charge in [0.2, 0.25) is 5.90 Å². The Kier molecular flexibility index (Phi) is 3.30. The van der Waals surface area contributed by atoms with Crippen LogP contribution >= 0.6 is 0 Å². The molecule has 0 bridgehead atoms. The summed E-state index contributed by atoms with van der Waals surface area (Å²) >= 11 is 0. The molecule has 20 heavy (non-hydrogen) atoms. The Morgan fingerprint density at radius 2 is 2.20 bits per heavy atom. The number of aliphatic imine (C=N–C) groups is 1. The first-order valence-electron chi connectivity index (χ1n) is 6.84. The third kappa shape index (κ3) is 2.33. The van der Waals surface area contributed by atoms with E-state index in [-0.39, 0.29) is 5.97 Å². The average Bonchev–Trinajstić information content (AvgIpc) is 2.68. The van der Waals surface area contributed by atoms with Crippen molar-refractivity contribution in [3.05, 3.63) is 35.0 Å². The summed E-state index contributed by atoms with van der Waals surface area (Å²) in [5.41, 5.74) is 2.31. The SMILES string of the molecule is COc1ccc(C)cc1/C=C1/N=C(C2CCC2)OC1=O. The Balaban J connectivity index is 1.93. The van der Waals surface area contributed by atoms with Crippen LogP contribution in [0, 0.1) is 12.8 Å². The number of nitrogens with zero attached hydrogens (tertiary/aromatic N) is 1. The molecule has 3 rings (SSSR count). The molecule has 0 aromatic heterocycles. The number of rotatable bonds is 3. The van der Waals surface area contributed by atoms with E-state index in [2.05, 4.69) is 4.99 Å². The summed E-state index contributed by atoms with van der Waals surface area (Å²) in [7, 11) is 1.61. The highest BCUT2D eigenvalue weighted by Crippen LogP contribution is 2.32. The molecule has 0 spiro atoms. The number of esters is 1. The lowest BCUT2D eigenvalue weighted by molar-refractivity contribution is -0.130. The minimum atomic E-state index is -0.365. The highest BCUT2D eigenvalue weighted by atomic mass is 16.6. The molecule has 1 aliphatic heterocycles. The Hall–Kier alpha value is -2.10. The first kappa shape index (κ1) is 12.9. The van der Waals surface area contributed by atoms with E-state index in [0.717, 1.165) is 29.7 Å². The first-order chi connectivity index (χ1) is 9.67. The fourth-order valence-electron chi connectivity index (χ4n) is 2.37. The van der Waals surface area contributed by atoms with Gasteiger partial charge in [0.1, 0.15) is 5.75 Å². The molecule has 0 amide bonds. The lowest BCUT2D eigenvalue weighted by Crippen LogP contribution is -2.22. The Morgan fingerprint density at radius 1 is 1.40 bits per heavy atom. The molecule has 0 unspecified atom stereocenters. The van der Waals surface area contributed by atoms with Crippen LogP contribution in [0.2, 0.25) is 0 Å². The maximum absolute atomic E-state index is 11.9. The van der Waals surface area contributed by atoms with E-state index in [1.807, 2.05) is 25.1 Å². The zero-order valence-corrected chi connectivity index (χ0v) is 11.7. The second-order valence-electron chi connectivity index (χ2n) is 5.24. The lowest BCUT2D eigenvalue weighted by Gasteiger charge is -2.23. The van der Waals surface area contributed by atoms with Crippen molar-refractivity contribution < 1.29 is 14.3 Å². The molecule has 1 aromatic carbocycles. The Morgan fingerprint density at radius 3 is 2.85 bits per heavy atom. The lowest BCUT2D eigenvalue weighted by atomic mass is 9.85. The molecular formula is C16H17NO3. The summed E-state index contributed by atoms with van der Waals surface area (Å²) in [6.45, 7) is 2.00. The van der Waals surface area contributed by atoms with Crippen molar-refractivity contribution in [1.82, 2.24) is 0 Å². The number of hydrogen-bond acceptors (Lipinski definition) is 4. The van der Waals surface area contributed by atoms with E-state index in [1.54, 1.807) is 13.2 Å². The molecule has 0 radical (unpaired) electrons.